The highest BCUT2D eigenvalue weighted by Crippen LogP contribution is 2.27. The SMILES string of the molecule is COc1ccc(Cn2nnc(C)c2-c2ccc(-n3c(=O)c4c(n5ncc(Cc6ccccc6)c35)CNCC4)cc2)cc1. The highest BCUT2D eigenvalue weighted by molar-refractivity contribution is 5.65. The van der Waals surface area contributed by atoms with Crippen molar-refractivity contribution in [1.82, 2.24) is 34.5 Å². The lowest BCUT2D eigenvalue weighted by atomic mass is 10.1. The third-order valence-corrected chi connectivity index (χ3v) is 7.97. The van der Waals surface area contributed by atoms with Crippen molar-refractivity contribution < 1.29 is 4.74 Å². The second-order valence-electron chi connectivity index (χ2n) is 10.6. The minimum Gasteiger partial charge on any atom is -0.497 e. The van der Waals surface area contributed by atoms with E-state index in [4.69, 9.17) is 9.84 Å². The molecule has 0 bridgehead atoms. The van der Waals surface area contributed by atoms with Gasteiger partial charge in [0.05, 0.1) is 42.6 Å². The zero-order chi connectivity index (χ0) is 28.6. The lowest BCUT2D eigenvalue weighted by molar-refractivity contribution is 0.414. The van der Waals surface area contributed by atoms with Gasteiger partial charge in [-0.1, -0.05) is 59.8 Å². The van der Waals surface area contributed by atoms with Crippen molar-refractivity contribution in [2.24, 2.45) is 0 Å². The Morgan fingerprint density at radius 1 is 0.952 bits per heavy atom. The highest BCUT2D eigenvalue weighted by Gasteiger charge is 2.23. The maximum absolute atomic E-state index is 14.1. The number of nitrogens with zero attached hydrogens (tertiary/aromatic N) is 6. The topological polar surface area (TPSA) is 91.3 Å². The van der Waals surface area contributed by atoms with Crippen molar-refractivity contribution in [2.75, 3.05) is 13.7 Å². The first-order valence-corrected chi connectivity index (χ1v) is 14.1. The maximum Gasteiger partial charge on any atom is 0.261 e. The Labute approximate surface area is 243 Å². The third-order valence-electron chi connectivity index (χ3n) is 7.97. The van der Waals surface area contributed by atoms with Crippen molar-refractivity contribution >= 4 is 5.65 Å². The summed E-state index contributed by atoms with van der Waals surface area (Å²) in [5, 5.41) is 17.0. The monoisotopic (exact) mass is 557 g/mol. The fourth-order valence-corrected chi connectivity index (χ4v) is 5.87. The van der Waals surface area contributed by atoms with E-state index in [2.05, 4.69) is 27.8 Å². The molecule has 6 aromatic rings. The van der Waals surface area contributed by atoms with E-state index in [-0.39, 0.29) is 5.56 Å². The number of ether oxygens (including phenoxy) is 1. The molecule has 0 fully saturated rings. The minimum absolute atomic E-state index is 0.0176. The largest absolute Gasteiger partial charge is 0.497 e. The molecular formula is C33H31N7O2. The Morgan fingerprint density at radius 2 is 1.74 bits per heavy atom. The molecule has 0 aliphatic carbocycles. The molecule has 0 amide bonds. The molecule has 42 heavy (non-hydrogen) atoms. The molecule has 0 saturated heterocycles. The molecular weight excluding hydrogens is 526 g/mol. The molecule has 9 heteroatoms. The second kappa shape index (κ2) is 10.8. The molecule has 0 unspecified atom stereocenters. The van der Waals surface area contributed by atoms with Crippen LogP contribution < -0.4 is 15.6 Å². The molecule has 4 heterocycles. The summed E-state index contributed by atoms with van der Waals surface area (Å²) in [4.78, 5) is 14.1. The molecule has 0 saturated carbocycles. The van der Waals surface area contributed by atoms with Crippen LogP contribution in [0, 0.1) is 6.92 Å². The number of methoxy groups -OCH3 is 1. The van der Waals surface area contributed by atoms with E-state index in [1.165, 1.54) is 5.56 Å². The van der Waals surface area contributed by atoms with Gasteiger partial charge in [0, 0.05) is 29.7 Å². The summed E-state index contributed by atoms with van der Waals surface area (Å²) in [6.07, 6.45) is 3.25. The van der Waals surface area contributed by atoms with Crippen LogP contribution in [0.1, 0.15) is 33.6 Å². The Bertz CT molecular complexity index is 1940. The van der Waals surface area contributed by atoms with Crippen LogP contribution in [0.3, 0.4) is 0 Å². The summed E-state index contributed by atoms with van der Waals surface area (Å²) < 4.78 is 11.0. The van der Waals surface area contributed by atoms with Gasteiger partial charge in [0.2, 0.25) is 0 Å². The standard InChI is InChI=1S/C33H31N7O2/c1-22-31(38(37-36-22)21-24-8-14-28(42-2)15-9-24)25-10-12-27(13-11-25)39-32-26(18-23-6-4-3-5-7-23)19-35-40(32)30-20-34-17-16-29(30)33(39)41/h3-15,19,34H,16-18,20-21H2,1-2H3. The number of hydrogen-bond donors (Lipinski definition) is 1. The Balaban J connectivity index is 1.30. The van der Waals surface area contributed by atoms with Gasteiger partial charge >= 0.3 is 0 Å². The fourth-order valence-electron chi connectivity index (χ4n) is 5.87. The Hall–Kier alpha value is -5.02. The molecule has 210 valence electrons. The number of rotatable bonds is 7. The first-order chi connectivity index (χ1) is 20.6. The Morgan fingerprint density at radius 3 is 2.50 bits per heavy atom. The summed E-state index contributed by atoms with van der Waals surface area (Å²) in [5.74, 6) is 0.817. The first-order valence-electron chi connectivity index (χ1n) is 14.1. The maximum atomic E-state index is 14.1. The van der Waals surface area contributed by atoms with Gasteiger partial charge in [-0.25, -0.2) is 9.20 Å². The fraction of sp³-hybridized carbons (Fsp3) is 0.212. The predicted molar refractivity (Wildman–Crippen MR) is 161 cm³/mol. The third kappa shape index (κ3) is 4.57. The van der Waals surface area contributed by atoms with Crippen LogP contribution in [0.4, 0.5) is 0 Å². The van der Waals surface area contributed by atoms with Gasteiger partial charge in [0.1, 0.15) is 11.4 Å². The number of aryl methyl sites for hydroxylation is 1. The van der Waals surface area contributed by atoms with E-state index in [9.17, 15) is 4.79 Å². The number of benzene rings is 3. The van der Waals surface area contributed by atoms with Crippen LogP contribution in [-0.2, 0) is 25.9 Å². The minimum atomic E-state index is 0.0176. The molecule has 0 atom stereocenters. The van der Waals surface area contributed by atoms with E-state index in [0.29, 0.717) is 25.9 Å². The Kier molecular flexibility index (Phi) is 6.64. The summed E-state index contributed by atoms with van der Waals surface area (Å²) >= 11 is 0. The van der Waals surface area contributed by atoms with Crippen LogP contribution in [0.15, 0.2) is 89.9 Å². The molecule has 1 aliphatic rings. The van der Waals surface area contributed by atoms with Crippen molar-refractivity contribution in [3.8, 4) is 22.7 Å². The van der Waals surface area contributed by atoms with Gasteiger partial charge < -0.3 is 10.1 Å². The van der Waals surface area contributed by atoms with Gasteiger partial charge in [-0.3, -0.25) is 9.36 Å². The van der Waals surface area contributed by atoms with E-state index in [1.807, 2.05) is 93.6 Å². The molecule has 0 spiro atoms. The average molecular weight is 558 g/mol. The first kappa shape index (κ1) is 25.9. The van der Waals surface area contributed by atoms with Gasteiger partial charge in [-0.2, -0.15) is 5.10 Å². The molecule has 1 aliphatic heterocycles. The summed E-state index contributed by atoms with van der Waals surface area (Å²) in [6.45, 7) is 3.95. The van der Waals surface area contributed by atoms with Crippen LogP contribution in [0.5, 0.6) is 5.75 Å². The van der Waals surface area contributed by atoms with Crippen molar-refractivity contribution in [1.29, 1.82) is 0 Å². The van der Waals surface area contributed by atoms with Crippen LogP contribution in [0.25, 0.3) is 22.6 Å². The lowest BCUT2D eigenvalue weighted by Crippen LogP contribution is -2.35. The quantitative estimate of drug-likeness (QED) is 0.314. The molecule has 3 aromatic heterocycles. The van der Waals surface area contributed by atoms with Crippen molar-refractivity contribution in [3.63, 3.8) is 0 Å². The summed E-state index contributed by atoms with van der Waals surface area (Å²) in [5.41, 5.74) is 9.44. The van der Waals surface area contributed by atoms with Gasteiger partial charge in [0.25, 0.3) is 5.56 Å². The number of fused-ring (bicyclic) bond motifs is 3. The van der Waals surface area contributed by atoms with Crippen LogP contribution in [0.2, 0.25) is 0 Å². The van der Waals surface area contributed by atoms with Crippen LogP contribution in [-0.4, -0.2) is 42.8 Å². The van der Waals surface area contributed by atoms with Gasteiger partial charge in [0.15, 0.2) is 0 Å². The molecule has 1 N–H and O–H groups in total. The number of aromatic nitrogens is 6. The van der Waals surface area contributed by atoms with Crippen molar-refractivity contribution in [3.05, 3.63) is 129 Å². The average Bonchev–Trinajstić information content (AvgIpc) is 3.61. The van der Waals surface area contributed by atoms with E-state index >= 15 is 0 Å². The highest BCUT2D eigenvalue weighted by atomic mass is 16.5. The smallest absolute Gasteiger partial charge is 0.261 e. The molecule has 9 nitrogen and oxygen atoms in total. The van der Waals surface area contributed by atoms with E-state index in [1.54, 1.807) is 7.11 Å². The lowest BCUT2D eigenvalue weighted by Gasteiger charge is -2.21. The molecule has 3 aromatic carbocycles. The summed E-state index contributed by atoms with van der Waals surface area (Å²) in [7, 11) is 1.66. The van der Waals surface area contributed by atoms with Gasteiger partial charge in [-0.15, -0.1) is 5.10 Å². The predicted octanol–water partition coefficient (Wildman–Crippen LogP) is 4.35. The zero-order valence-corrected chi connectivity index (χ0v) is 23.6. The molecule has 7 rings (SSSR count). The summed E-state index contributed by atoms with van der Waals surface area (Å²) in [6, 6.07) is 26.4. The molecule has 0 radical (unpaired) electrons. The zero-order valence-electron chi connectivity index (χ0n) is 23.6. The normalized spacial score (nSPS) is 12.9. The number of nitrogens with one attached hydrogen (secondary N) is 1. The second-order valence-corrected chi connectivity index (χ2v) is 10.6. The van der Waals surface area contributed by atoms with Crippen LogP contribution >= 0.6 is 0 Å². The van der Waals surface area contributed by atoms with E-state index < -0.39 is 0 Å². The van der Waals surface area contributed by atoms with E-state index in [0.717, 1.165) is 63.0 Å². The number of hydrogen-bond acceptors (Lipinski definition) is 6. The van der Waals surface area contributed by atoms with Crippen molar-refractivity contribution in [2.45, 2.75) is 32.9 Å². The van der Waals surface area contributed by atoms with Gasteiger partial charge in [-0.05, 0) is 55.3 Å².